The molecule has 4 aliphatic rings. The van der Waals surface area contributed by atoms with E-state index in [1.807, 2.05) is 42.6 Å². The number of carbonyl (C=O) groups excluding carboxylic acids is 1. The number of hydrogen-bond donors (Lipinski definition) is 5. The molecule has 0 unspecified atom stereocenters. The molecule has 8 heteroatoms. The number of nitrogens with zero attached hydrogens (tertiary/aromatic N) is 1. The van der Waals surface area contributed by atoms with Crippen LogP contribution in [-0.4, -0.2) is 63.6 Å². The molecule has 234 valence electrons. The van der Waals surface area contributed by atoms with Crippen molar-refractivity contribution in [1.82, 2.24) is 20.7 Å². The lowest BCUT2D eigenvalue weighted by molar-refractivity contribution is -0.183. The normalized spacial score (nSPS) is 29.9. The molecule has 44 heavy (non-hydrogen) atoms. The Bertz CT molecular complexity index is 1540. The molecule has 2 bridgehead atoms. The van der Waals surface area contributed by atoms with Gasteiger partial charge in [-0.05, 0) is 72.3 Å². The predicted octanol–water partition coefficient (Wildman–Crippen LogP) is 3.97. The van der Waals surface area contributed by atoms with Crippen LogP contribution in [0.5, 0.6) is 0 Å². The third kappa shape index (κ3) is 5.92. The van der Waals surface area contributed by atoms with Gasteiger partial charge in [0.1, 0.15) is 12.1 Å². The number of amides is 1. The molecule has 8 nitrogen and oxygen atoms in total. The molecule has 3 aromatic rings. The van der Waals surface area contributed by atoms with Gasteiger partial charge in [-0.15, -0.1) is 0 Å². The van der Waals surface area contributed by atoms with Gasteiger partial charge in [-0.2, -0.15) is 5.06 Å². The highest BCUT2D eigenvalue weighted by atomic mass is 16.7. The van der Waals surface area contributed by atoms with Gasteiger partial charge < -0.3 is 25.8 Å². The summed E-state index contributed by atoms with van der Waals surface area (Å²) in [6.45, 7) is 9.96. The van der Waals surface area contributed by atoms with Crippen LogP contribution >= 0.6 is 0 Å². The Hall–Kier alpha value is -3.19. The standard InChI is InChI=1S/C36H46N4O4/c1-22-29-16-27(36(29,3)4)17-31(22)39-35(43)34-33(23(2)42)32(21-41)44-40(34)20-25-10-7-9-24(15-25)11-8-14-37-18-26-19-38-30-13-6-5-12-28(26)30/h5-7,9-10,12-13,15,19,22-23,27,29,31-34,37-38,41-42H,14,16-18,20-21H2,1-4H3,(H,39,43)/t22-,23-,27+,29-,31-,32-,33+,34-/m0/s1. The SMILES string of the molecule is C[C@@H]1[C@@H](NC(=O)[C@@H]2[C@H]([C@H](C)O)[C@H](CO)ON2Cc2cccc(C#CCNCc3c[nH]c4ccccc34)c2)C[C@H]2C[C@@H]1C2(C)C. The highest BCUT2D eigenvalue weighted by molar-refractivity contribution is 5.83. The molecule has 2 aromatic carbocycles. The van der Waals surface area contributed by atoms with Gasteiger partial charge in [0.15, 0.2) is 0 Å². The Morgan fingerprint density at radius 3 is 2.77 bits per heavy atom. The number of benzene rings is 2. The first kappa shape index (κ1) is 30.8. The Morgan fingerprint density at radius 1 is 1.20 bits per heavy atom. The number of hydrogen-bond acceptors (Lipinski definition) is 6. The van der Waals surface area contributed by atoms with Crippen molar-refractivity contribution in [3.05, 3.63) is 71.4 Å². The van der Waals surface area contributed by atoms with Gasteiger partial charge in [0.25, 0.3) is 0 Å². The lowest BCUT2D eigenvalue weighted by Crippen LogP contribution is -2.62. The zero-order chi connectivity index (χ0) is 31.0. The first-order chi connectivity index (χ1) is 21.2. The van der Waals surface area contributed by atoms with Gasteiger partial charge in [-0.25, -0.2) is 0 Å². The quantitative estimate of drug-likeness (QED) is 0.188. The topological polar surface area (TPSA) is 110 Å². The molecule has 5 N–H and O–H groups in total. The molecule has 0 spiro atoms. The van der Waals surface area contributed by atoms with Gasteiger partial charge in [0.05, 0.1) is 25.8 Å². The van der Waals surface area contributed by atoms with Crippen molar-refractivity contribution in [3.8, 4) is 11.8 Å². The Morgan fingerprint density at radius 2 is 2.02 bits per heavy atom. The third-order valence-corrected chi connectivity index (χ3v) is 10.8. The maximum absolute atomic E-state index is 13.9. The van der Waals surface area contributed by atoms with E-state index < -0.39 is 24.2 Å². The smallest absolute Gasteiger partial charge is 0.240 e. The Kier molecular flexibility index (Phi) is 8.87. The fraction of sp³-hybridized carbons (Fsp3) is 0.528. The van der Waals surface area contributed by atoms with Crippen LogP contribution in [0.2, 0.25) is 0 Å². The van der Waals surface area contributed by atoms with Crippen LogP contribution in [0.1, 0.15) is 57.2 Å². The van der Waals surface area contributed by atoms with E-state index in [4.69, 9.17) is 4.84 Å². The van der Waals surface area contributed by atoms with E-state index in [2.05, 4.69) is 60.4 Å². The molecule has 3 aliphatic carbocycles. The van der Waals surface area contributed by atoms with Gasteiger partial charge >= 0.3 is 0 Å². The molecule has 1 aliphatic heterocycles. The van der Waals surface area contributed by atoms with E-state index in [9.17, 15) is 15.0 Å². The van der Waals surface area contributed by atoms with E-state index in [1.54, 1.807) is 12.0 Å². The molecule has 0 radical (unpaired) electrons. The van der Waals surface area contributed by atoms with E-state index in [0.29, 0.717) is 36.3 Å². The summed E-state index contributed by atoms with van der Waals surface area (Å²) >= 11 is 0. The number of H-pyrrole nitrogens is 1. The van der Waals surface area contributed by atoms with E-state index in [0.717, 1.165) is 29.6 Å². The van der Waals surface area contributed by atoms with Crippen LogP contribution in [-0.2, 0) is 22.7 Å². The minimum Gasteiger partial charge on any atom is -0.394 e. The second-order valence-corrected chi connectivity index (χ2v) is 13.7. The van der Waals surface area contributed by atoms with Crippen LogP contribution < -0.4 is 10.6 Å². The van der Waals surface area contributed by atoms with Crippen LogP contribution in [0.3, 0.4) is 0 Å². The van der Waals surface area contributed by atoms with Gasteiger partial charge in [0, 0.05) is 41.2 Å². The highest BCUT2D eigenvalue weighted by Crippen LogP contribution is 2.61. The largest absolute Gasteiger partial charge is 0.394 e. The maximum Gasteiger partial charge on any atom is 0.240 e. The molecule has 1 aromatic heterocycles. The summed E-state index contributed by atoms with van der Waals surface area (Å²) in [5, 5.41) is 30.4. The summed E-state index contributed by atoms with van der Waals surface area (Å²) in [4.78, 5) is 23.3. The van der Waals surface area contributed by atoms with Crippen LogP contribution in [0.25, 0.3) is 10.9 Å². The fourth-order valence-corrected chi connectivity index (χ4v) is 8.10. The van der Waals surface area contributed by atoms with Crippen LogP contribution in [0, 0.1) is 40.9 Å². The maximum atomic E-state index is 13.9. The zero-order valence-electron chi connectivity index (χ0n) is 26.2. The number of nitrogens with one attached hydrogen (secondary N) is 3. The van der Waals surface area contributed by atoms with Crippen molar-refractivity contribution in [2.75, 3.05) is 13.2 Å². The first-order valence-electron chi connectivity index (χ1n) is 16.0. The lowest BCUT2D eigenvalue weighted by atomic mass is 9.45. The second kappa shape index (κ2) is 12.7. The first-order valence-corrected chi connectivity index (χ1v) is 16.0. The minimum atomic E-state index is -0.821. The number of aromatic amines is 1. The predicted molar refractivity (Wildman–Crippen MR) is 171 cm³/mol. The number of rotatable bonds is 9. The van der Waals surface area contributed by atoms with Crippen molar-refractivity contribution < 1.29 is 19.8 Å². The Balaban J connectivity index is 1.10. The van der Waals surface area contributed by atoms with Gasteiger partial charge in [0.2, 0.25) is 5.91 Å². The minimum absolute atomic E-state index is 0.104. The average Bonchev–Trinajstić information content (AvgIpc) is 3.59. The molecule has 2 heterocycles. The van der Waals surface area contributed by atoms with Gasteiger partial charge in [-0.1, -0.05) is 62.9 Å². The molecule has 1 saturated heterocycles. The second-order valence-electron chi connectivity index (χ2n) is 13.7. The summed E-state index contributed by atoms with van der Waals surface area (Å²) in [5.74, 6) is 7.39. The molecule has 3 saturated carbocycles. The highest BCUT2D eigenvalue weighted by Gasteiger charge is 2.57. The van der Waals surface area contributed by atoms with E-state index in [-0.39, 0.29) is 18.6 Å². The van der Waals surface area contributed by atoms with Crippen molar-refractivity contribution >= 4 is 16.8 Å². The summed E-state index contributed by atoms with van der Waals surface area (Å²) < 4.78 is 0. The summed E-state index contributed by atoms with van der Waals surface area (Å²) in [7, 11) is 0. The van der Waals surface area contributed by atoms with Gasteiger partial charge in [-0.3, -0.25) is 9.63 Å². The number of hydroxylamine groups is 2. The summed E-state index contributed by atoms with van der Waals surface area (Å²) in [6.07, 6.45) is 2.77. The molecule has 4 fully saturated rings. The zero-order valence-corrected chi connectivity index (χ0v) is 26.2. The van der Waals surface area contributed by atoms with Crippen molar-refractivity contribution in [3.63, 3.8) is 0 Å². The number of aliphatic hydroxyl groups is 2. The number of aliphatic hydroxyl groups excluding tert-OH is 2. The number of fused-ring (bicyclic) bond motifs is 3. The van der Waals surface area contributed by atoms with Crippen molar-refractivity contribution in [1.29, 1.82) is 0 Å². The average molecular weight is 599 g/mol. The summed E-state index contributed by atoms with van der Waals surface area (Å²) in [5.41, 5.74) is 4.49. The fourth-order valence-electron chi connectivity index (χ4n) is 8.10. The third-order valence-electron chi connectivity index (χ3n) is 10.8. The van der Waals surface area contributed by atoms with Crippen molar-refractivity contribution in [2.45, 2.75) is 77.9 Å². The number of aromatic nitrogens is 1. The molecule has 7 rings (SSSR count). The van der Waals surface area contributed by atoms with Crippen LogP contribution in [0.15, 0.2) is 54.7 Å². The van der Waals surface area contributed by atoms with Crippen molar-refractivity contribution in [2.24, 2.45) is 29.1 Å². The monoisotopic (exact) mass is 598 g/mol. The Labute approximate surface area is 260 Å². The van der Waals surface area contributed by atoms with E-state index in [1.165, 1.54) is 17.4 Å². The molecule has 8 atom stereocenters. The number of carbonyl (C=O) groups is 1. The van der Waals surface area contributed by atoms with Crippen LogP contribution in [0.4, 0.5) is 0 Å². The molecule has 1 amide bonds. The molecular weight excluding hydrogens is 552 g/mol. The number of para-hydroxylation sites is 1. The molecular formula is C36H46N4O4. The summed E-state index contributed by atoms with van der Waals surface area (Å²) in [6, 6.07) is 15.6. The lowest BCUT2D eigenvalue weighted by Gasteiger charge is -2.62. The van der Waals surface area contributed by atoms with E-state index >= 15 is 0 Å².